The summed E-state index contributed by atoms with van der Waals surface area (Å²) in [5.74, 6) is 0. The third kappa shape index (κ3) is 6.40. The number of nitrogens with one attached hydrogen (secondary N) is 1. The second-order valence-electron chi connectivity index (χ2n) is 4.58. The molecule has 0 saturated carbocycles. The first-order valence-electron chi connectivity index (χ1n) is 6.86. The molecule has 1 aromatic carbocycles. The van der Waals surface area contributed by atoms with Crippen LogP contribution in [-0.2, 0) is 0 Å². The Morgan fingerprint density at radius 1 is 0.944 bits per heavy atom. The zero-order valence-corrected chi connectivity index (χ0v) is 11.0. The van der Waals surface area contributed by atoms with E-state index in [2.05, 4.69) is 5.32 Å². The summed E-state index contributed by atoms with van der Waals surface area (Å²) >= 11 is 0. The fraction of sp³-hybridized carbons (Fsp3) is 0.533. The highest BCUT2D eigenvalue weighted by Crippen LogP contribution is 2.09. The lowest BCUT2D eigenvalue weighted by molar-refractivity contribution is 0.112. The number of benzene rings is 1. The van der Waals surface area contributed by atoms with Crippen LogP contribution in [-0.4, -0.2) is 19.4 Å². The molecule has 0 aromatic heterocycles. The molecule has 0 unspecified atom stereocenters. The number of carbonyl (C=O) groups is 1. The van der Waals surface area contributed by atoms with Gasteiger partial charge in [0.2, 0.25) is 0 Å². The second-order valence-corrected chi connectivity index (χ2v) is 4.58. The minimum absolute atomic E-state index is 0.723. The number of nitrogens with two attached hydrogens (primary N) is 1. The second kappa shape index (κ2) is 9.66. The van der Waals surface area contributed by atoms with Crippen LogP contribution in [0.1, 0.15) is 48.9 Å². The summed E-state index contributed by atoms with van der Waals surface area (Å²) in [4.78, 5) is 10.5. The lowest BCUT2D eigenvalue weighted by Crippen LogP contribution is -2.01. The molecule has 1 rings (SSSR count). The Hall–Kier alpha value is -1.35. The smallest absolute Gasteiger partial charge is 0.150 e. The number of hydrogen-bond acceptors (Lipinski definition) is 3. The zero-order chi connectivity index (χ0) is 13.1. The molecule has 0 aliphatic heterocycles. The zero-order valence-electron chi connectivity index (χ0n) is 11.0. The average molecular weight is 248 g/mol. The van der Waals surface area contributed by atoms with Crippen molar-refractivity contribution in [3.8, 4) is 0 Å². The van der Waals surface area contributed by atoms with E-state index in [0.29, 0.717) is 0 Å². The van der Waals surface area contributed by atoms with Crippen LogP contribution < -0.4 is 11.1 Å². The van der Waals surface area contributed by atoms with E-state index in [9.17, 15) is 4.79 Å². The van der Waals surface area contributed by atoms with Crippen LogP contribution in [0.25, 0.3) is 0 Å². The molecule has 3 heteroatoms. The van der Waals surface area contributed by atoms with E-state index in [1.807, 2.05) is 24.3 Å². The first-order chi connectivity index (χ1) is 8.86. The molecule has 0 aliphatic rings. The van der Waals surface area contributed by atoms with Crippen molar-refractivity contribution in [3.63, 3.8) is 0 Å². The Kier molecular flexibility index (Phi) is 7.89. The third-order valence-electron chi connectivity index (χ3n) is 3.01. The van der Waals surface area contributed by atoms with Crippen LogP contribution in [0.5, 0.6) is 0 Å². The van der Waals surface area contributed by atoms with Crippen LogP contribution in [0.3, 0.4) is 0 Å². The van der Waals surface area contributed by atoms with E-state index in [1.165, 1.54) is 32.1 Å². The standard InChI is InChI=1S/C15H24N2O/c16-11-5-3-1-2-4-6-12-17-15-9-7-14(13-18)8-10-15/h7-10,13,17H,1-6,11-12,16H2. The molecule has 0 fully saturated rings. The first-order valence-corrected chi connectivity index (χ1v) is 6.86. The molecule has 0 radical (unpaired) electrons. The minimum Gasteiger partial charge on any atom is -0.385 e. The van der Waals surface area contributed by atoms with Crippen molar-refractivity contribution in [2.24, 2.45) is 5.73 Å². The number of anilines is 1. The van der Waals surface area contributed by atoms with Crippen molar-refractivity contribution in [2.75, 3.05) is 18.4 Å². The lowest BCUT2D eigenvalue weighted by Gasteiger charge is -2.06. The van der Waals surface area contributed by atoms with E-state index >= 15 is 0 Å². The van der Waals surface area contributed by atoms with Crippen molar-refractivity contribution >= 4 is 12.0 Å². The molecule has 3 nitrogen and oxygen atoms in total. The van der Waals surface area contributed by atoms with Gasteiger partial charge in [0.05, 0.1) is 0 Å². The summed E-state index contributed by atoms with van der Waals surface area (Å²) in [5.41, 5.74) is 7.25. The maximum absolute atomic E-state index is 10.5. The monoisotopic (exact) mass is 248 g/mol. The molecule has 3 N–H and O–H groups in total. The number of unbranched alkanes of at least 4 members (excludes halogenated alkanes) is 5. The van der Waals surface area contributed by atoms with Crippen molar-refractivity contribution in [1.82, 2.24) is 0 Å². The van der Waals surface area contributed by atoms with Gasteiger partial charge < -0.3 is 11.1 Å². The van der Waals surface area contributed by atoms with Crippen LogP contribution in [0.4, 0.5) is 5.69 Å². The van der Waals surface area contributed by atoms with Crippen LogP contribution in [0, 0.1) is 0 Å². The quantitative estimate of drug-likeness (QED) is 0.494. The molecule has 100 valence electrons. The van der Waals surface area contributed by atoms with Crippen molar-refractivity contribution in [3.05, 3.63) is 29.8 Å². The van der Waals surface area contributed by atoms with E-state index in [4.69, 9.17) is 5.73 Å². The first kappa shape index (κ1) is 14.7. The van der Waals surface area contributed by atoms with Gasteiger partial charge in [0.25, 0.3) is 0 Å². The average Bonchev–Trinajstić information content (AvgIpc) is 2.42. The molecule has 0 saturated heterocycles. The summed E-state index contributed by atoms with van der Waals surface area (Å²) < 4.78 is 0. The maximum Gasteiger partial charge on any atom is 0.150 e. The predicted octanol–water partition coefficient (Wildman–Crippen LogP) is 3.21. The van der Waals surface area contributed by atoms with Gasteiger partial charge in [0, 0.05) is 17.8 Å². The number of rotatable bonds is 10. The highest BCUT2D eigenvalue weighted by Gasteiger charge is 1.94. The van der Waals surface area contributed by atoms with Crippen LogP contribution in [0.2, 0.25) is 0 Å². The lowest BCUT2D eigenvalue weighted by atomic mass is 10.1. The summed E-state index contributed by atoms with van der Waals surface area (Å²) in [6.45, 7) is 1.82. The Morgan fingerprint density at radius 3 is 2.17 bits per heavy atom. The molecule has 0 atom stereocenters. The summed E-state index contributed by atoms with van der Waals surface area (Å²) in [6.07, 6.45) is 8.34. The number of aldehydes is 1. The Balaban J connectivity index is 2.01. The van der Waals surface area contributed by atoms with E-state index < -0.39 is 0 Å². The van der Waals surface area contributed by atoms with Crippen molar-refractivity contribution < 1.29 is 4.79 Å². The molecular weight excluding hydrogens is 224 g/mol. The highest BCUT2D eigenvalue weighted by molar-refractivity contribution is 5.75. The van der Waals surface area contributed by atoms with Gasteiger partial charge in [-0.1, -0.05) is 25.7 Å². The van der Waals surface area contributed by atoms with Gasteiger partial charge in [0.1, 0.15) is 6.29 Å². The Morgan fingerprint density at radius 2 is 1.56 bits per heavy atom. The van der Waals surface area contributed by atoms with Crippen LogP contribution in [0.15, 0.2) is 24.3 Å². The van der Waals surface area contributed by atoms with Crippen molar-refractivity contribution in [1.29, 1.82) is 0 Å². The van der Waals surface area contributed by atoms with E-state index in [1.54, 1.807) is 0 Å². The third-order valence-corrected chi connectivity index (χ3v) is 3.01. The highest BCUT2D eigenvalue weighted by atomic mass is 16.1. The molecular formula is C15H24N2O. The van der Waals surface area contributed by atoms with Gasteiger partial charge in [-0.25, -0.2) is 0 Å². The van der Waals surface area contributed by atoms with Gasteiger partial charge in [-0.3, -0.25) is 4.79 Å². The SMILES string of the molecule is NCCCCCCCCNc1ccc(C=O)cc1. The van der Waals surface area contributed by atoms with Gasteiger partial charge in [-0.05, 0) is 43.7 Å². The fourth-order valence-electron chi connectivity index (χ4n) is 1.89. The molecule has 0 spiro atoms. The molecule has 0 heterocycles. The largest absolute Gasteiger partial charge is 0.385 e. The number of hydrogen-bond donors (Lipinski definition) is 2. The summed E-state index contributed by atoms with van der Waals surface area (Å²) in [7, 11) is 0. The fourth-order valence-corrected chi connectivity index (χ4v) is 1.89. The van der Waals surface area contributed by atoms with Gasteiger partial charge >= 0.3 is 0 Å². The van der Waals surface area contributed by atoms with Gasteiger partial charge in [-0.2, -0.15) is 0 Å². The molecule has 1 aromatic rings. The van der Waals surface area contributed by atoms with E-state index in [-0.39, 0.29) is 0 Å². The maximum atomic E-state index is 10.5. The number of carbonyl (C=O) groups excluding carboxylic acids is 1. The predicted molar refractivity (Wildman–Crippen MR) is 77.1 cm³/mol. The summed E-state index contributed by atoms with van der Waals surface area (Å²) in [5, 5.41) is 3.36. The molecule has 0 bridgehead atoms. The summed E-state index contributed by atoms with van der Waals surface area (Å²) in [6, 6.07) is 7.57. The Bertz CT molecular complexity index is 322. The normalized spacial score (nSPS) is 10.3. The van der Waals surface area contributed by atoms with Crippen LogP contribution >= 0.6 is 0 Å². The molecule has 0 aliphatic carbocycles. The van der Waals surface area contributed by atoms with Gasteiger partial charge in [0.15, 0.2) is 0 Å². The molecule has 0 amide bonds. The van der Waals surface area contributed by atoms with Gasteiger partial charge in [-0.15, -0.1) is 0 Å². The van der Waals surface area contributed by atoms with Crippen molar-refractivity contribution in [2.45, 2.75) is 38.5 Å². The topological polar surface area (TPSA) is 55.1 Å². The van der Waals surface area contributed by atoms with E-state index in [0.717, 1.165) is 37.0 Å². The Labute approximate surface area is 110 Å². The molecule has 18 heavy (non-hydrogen) atoms. The minimum atomic E-state index is 0.723.